The molecular formula is C13H20ClNO2. The number of ether oxygens (including phenoxy) is 1. The molecule has 0 radical (unpaired) electrons. The average molecular weight is 258 g/mol. The van der Waals surface area contributed by atoms with E-state index in [9.17, 15) is 0 Å². The summed E-state index contributed by atoms with van der Waals surface area (Å²) in [5, 5.41) is 9.37. The van der Waals surface area contributed by atoms with Crippen molar-refractivity contribution in [2.75, 3.05) is 6.61 Å². The van der Waals surface area contributed by atoms with Crippen LogP contribution < -0.4 is 4.74 Å². The molecule has 0 aliphatic heterocycles. The Kier molecular flexibility index (Phi) is 6.97. The lowest BCUT2D eigenvalue weighted by atomic mass is 10.2. The van der Waals surface area contributed by atoms with Crippen LogP contribution in [0.2, 0.25) is 5.02 Å². The highest BCUT2D eigenvalue weighted by Gasteiger charge is 2.04. The Morgan fingerprint density at radius 3 is 2.71 bits per heavy atom. The summed E-state index contributed by atoms with van der Waals surface area (Å²) in [6.07, 6.45) is 7.57. The molecule has 0 spiro atoms. The molecular weight excluding hydrogens is 238 g/mol. The van der Waals surface area contributed by atoms with Crippen LogP contribution >= 0.6 is 11.6 Å². The fourth-order valence-electron chi connectivity index (χ4n) is 1.53. The van der Waals surface area contributed by atoms with Gasteiger partial charge in [-0.15, -0.1) is 0 Å². The second-order valence-corrected chi connectivity index (χ2v) is 4.46. The molecule has 0 fully saturated rings. The first kappa shape index (κ1) is 14.3. The predicted octanol–water partition coefficient (Wildman–Crippen LogP) is 3.58. The molecule has 1 heterocycles. The van der Waals surface area contributed by atoms with Crippen molar-refractivity contribution in [2.24, 2.45) is 0 Å². The van der Waals surface area contributed by atoms with Crippen molar-refractivity contribution in [1.29, 1.82) is 0 Å². The van der Waals surface area contributed by atoms with E-state index < -0.39 is 0 Å². The van der Waals surface area contributed by atoms with E-state index >= 15 is 0 Å². The van der Waals surface area contributed by atoms with Crippen molar-refractivity contribution in [2.45, 2.75) is 45.6 Å². The lowest BCUT2D eigenvalue weighted by Gasteiger charge is -2.07. The summed E-state index contributed by atoms with van der Waals surface area (Å²) in [5.41, 5.74) is 0.699. The maximum absolute atomic E-state index is 8.91. The van der Waals surface area contributed by atoms with Crippen LogP contribution in [0.3, 0.4) is 0 Å². The van der Waals surface area contributed by atoms with Crippen molar-refractivity contribution in [3.05, 3.63) is 22.8 Å². The molecule has 1 rings (SSSR count). The molecule has 0 unspecified atom stereocenters. The van der Waals surface area contributed by atoms with Gasteiger partial charge in [0.2, 0.25) is 5.88 Å². The molecule has 17 heavy (non-hydrogen) atoms. The third-order valence-electron chi connectivity index (χ3n) is 2.53. The van der Waals surface area contributed by atoms with Gasteiger partial charge < -0.3 is 9.84 Å². The first-order valence-corrected chi connectivity index (χ1v) is 6.53. The van der Waals surface area contributed by atoms with Crippen LogP contribution in [0.1, 0.15) is 44.6 Å². The molecule has 1 aromatic heterocycles. The number of unbranched alkanes of at least 4 members (excludes halogenated alkanes) is 4. The molecule has 1 aromatic rings. The van der Waals surface area contributed by atoms with Crippen molar-refractivity contribution in [3.8, 4) is 5.88 Å². The number of nitrogens with zero attached hydrogens (tertiary/aromatic N) is 1. The van der Waals surface area contributed by atoms with Crippen molar-refractivity contribution in [3.63, 3.8) is 0 Å². The van der Waals surface area contributed by atoms with Gasteiger partial charge in [0, 0.05) is 6.20 Å². The van der Waals surface area contributed by atoms with Crippen molar-refractivity contribution >= 4 is 11.6 Å². The molecule has 0 saturated carbocycles. The SMILES string of the molecule is CCCCCCCOc1ncc(CO)cc1Cl. The molecule has 0 saturated heterocycles. The molecule has 0 aromatic carbocycles. The Morgan fingerprint density at radius 2 is 2.06 bits per heavy atom. The van der Waals surface area contributed by atoms with Crippen LogP contribution in [0.15, 0.2) is 12.3 Å². The molecule has 0 aliphatic rings. The standard InChI is InChI=1S/C13H20ClNO2/c1-2-3-4-5-6-7-17-13-12(14)8-11(10-16)9-15-13/h8-9,16H,2-7,10H2,1H3. The minimum absolute atomic E-state index is 0.0516. The highest BCUT2D eigenvalue weighted by atomic mass is 35.5. The van der Waals surface area contributed by atoms with Gasteiger partial charge in [-0.3, -0.25) is 0 Å². The van der Waals surface area contributed by atoms with Crippen LogP contribution in [-0.2, 0) is 6.61 Å². The highest BCUT2D eigenvalue weighted by Crippen LogP contribution is 2.22. The predicted molar refractivity (Wildman–Crippen MR) is 69.4 cm³/mol. The number of hydrogen-bond donors (Lipinski definition) is 1. The van der Waals surface area contributed by atoms with E-state index in [4.69, 9.17) is 21.4 Å². The lowest BCUT2D eigenvalue weighted by Crippen LogP contribution is -2.00. The fraction of sp³-hybridized carbons (Fsp3) is 0.615. The van der Waals surface area contributed by atoms with E-state index in [1.54, 1.807) is 12.3 Å². The topological polar surface area (TPSA) is 42.4 Å². The summed E-state index contributed by atoms with van der Waals surface area (Å²) in [6, 6.07) is 1.68. The van der Waals surface area contributed by atoms with Gasteiger partial charge >= 0.3 is 0 Å². The van der Waals surface area contributed by atoms with Crippen molar-refractivity contribution in [1.82, 2.24) is 4.98 Å². The van der Waals surface area contributed by atoms with Gasteiger partial charge in [-0.1, -0.05) is 44.2 Å². The zero-order chi connectivity index (χ0) is 12.5. The zero-order valence-electron chi connectivity index (χ0n) is 10.3. The minimum atomic E-state index is -0.0516. The van der Waals surface area contributed by atoms with Gasteiger partial charge in [-0.2, -0.15) is 0 Å². The summed E-state index contributed by atoms with van der Waals surface area (Å²) in [7, 11) is 0. The van der Waals surface area contributed by atoms with Crippen LogP contribution in [0.25, 0.3) is 0 Å². The molecule has 96 valence electrons. The van der Waals surface area contributed by atoms with E-state index in [2.05, 4.69) is 11.9 Å². The third-order valence-corrected chi connectivity index (χ3v) is 2.80. The molecule has 0 atom stereocenters. The van der Waals surface area contributed by atoms with Crippen LogP contribution in [0, 0.1) is 0 Å². The summed E-state index contributed by atoms with van der Waals surface area (Å²) in [4.78, 5) is 4.07. The maximum Gasteiger partial charge on any atom is 0.232 e. The first-order valence-electron chi connectivity index (χ1n) is 6.16. The molecule has 3 nitrogen and oxygen atoms in total. The smallest absolute Gasteiger partial charge is 0.232 e. The Labute approximate surface area is 108 Å². The Bertz CT molecular complexity index is 331. The molecule has 0 bridgehead atoms. The quantitative estimate of drug-likeness (QED) is 0.724. The van der Waals surface area contributed by atoms with E-state index in [1.165, 1.54) is 25.7 Å². The number of aromatic nitrogens is 1. The number of aliphatic hydroxyl groups is 1. The molecule has 4 heteroatoms. The van der Waals surface area contributed by atoms with E-state index in [0.717, 1.165) is 6.42 Å². The van der Waals surface area contributed by atoms with Crippen LogP contribution in [-0.4, -0.2) is 16.7 Å². The Morgan fingerprint density at radius 1 is 1.29 bits per heavy atom. The van der Waals surface area contributed by atoms with E-state index in [-0.39, 0.29) is 6.61 Å². The van der Waals surface area contributed by atoms with Gasteiger partial charge in [0.1, 0.15) is 5.02 Å². The molecule has 0 amide bonds. The number of hydrogen-bond acceptors (Lipinski definition) is 3. The summed E-state index contributed by atoms with van der Waals surface area (Å²) >= 11 is 5.97. The second kappa shape index (κ2) is 8.31. The number of pyridine rings is 1. The van der Waals surface area contributed by atoms with Crippen LogP contribution in [0.5, 0.6) is 5.88 Å². The fourth-order valence-corrected chi connectivity index (χ4v) is 1.78. The Balaban J connectivity index is 2.27. The average Bonchev–Trinajstić information content (AvgIpc) is 2.35. The number of aliphatic hydroxyl groups excluding tert-OH is 1. The van der Waals surface area contributed by atoms with Gasteiger partial charge in [0.25, 0.3) is 0 Å². The third kappa shape index (κ3) is 5.37. The van der Waals surface area contributed by atoms with E-state index in [0.29, 0.717) is 23.1 Å². The van der Waals surface area contributed by atoms with E-state index in [1.807, 2.05) is 0 Å². The first-order chi connectivity index (χ1) is 8.27. The molecule has 0 aliphatic carbocycles. The van der Waals surface area contributed by atoms with Gasteiger partial charge in [-0.05, 0) is 18.1 Å². The monoisotopic (exact) mass is 257 g/mol. The summed E-state index contributed by atoms with van der Waals surface area (Å²) in [5.74, 6) is 0.458. The maximum atomic E-state index is 8.91. The highest BCUT2D eigenvalue weighted by molar-refractivity contribution is 6.31. The van der Waals surface area contributed by atoms with Crippen LogP contribution in [0.4, 0.5) is 0 Å². The normalized spacial score (nSPS) is 10.5. The van der Waals surface area contributed by atoms with Gasteiger partial charge in [0.05, 0.1) is 13.2 Å². The summed E-state index contributed by atoms with van der Waals surface area (Å²) < 4.78 is 5.49. The Hall–Kier alpha value is -0.800. The zero-order valence-corrected chi connectivity index (χ0v) is 11.0. The molecule has 1 N–H and O–H groups in total. The number of rotatable bonds is 8. The summed E-state index contributed by atoms with van der Waals surface area (Å²) in [6.45, 7) is 2.79. The van der Waals surface area contributed by atoms with Gasteiger partial charge in [0.15, 0.2) is 0 Å². The second-order valence-electron chi connectivity index (χ2n) is 4.05. The minimum Gasteiger partial charge on any atom is -0.477 e. The van der Waals surface area contributed by atoms with Gasteiger partial charge in [-0.25, -0.2) is 4.98 Å². The number of halogens is 1. The largest absolute Gasteiger partial charge is 0.477 e. The lowest BCUT2D eigenvalue weighted by molar-refractivity contribution is 0.278. The van der Waals surface area contributed by atoms with Crippen molar-refractivity contribution < 1.29 is 9.84 Å².